The van der Waals surface area contributed by atoms with Gasteiger partial charge in [-0.2, -0.15) is 39.5 Å². The molecule has 0 spiro atoms. The van der Waals surface area contributed by atoms with Crippen LogP contribution in [0.4, 0.5) is 45.2 Å². The van der Waals surface area contributed by atoms with Crippen molar-refractivity contribution in [1.82, 2.24) is 0 Å². The van der Waals surface area contributed by atoms with Gasteiger partial charge in [-0.3, -0.25) is 0 Å². The number of aliphatic hydroxyl groups is 2. The molecule has 4 nitrogen and oxygen atoms in total. The highest BCUT2D eigenvalue weighted by molar-refractivity contribution is 5.52. The number of alkyl halides is 9. The number of nitrogens with zero attached hydrogens (tertiary/aromatic N) is 1. The fourth-order valence-corrected chi connectivity index (χ4v) is 3.54. The van der Waals surface area contributed by atoms with E-state index in [1.165, 1.54) is 24.3 Å². The smallest absolute Gasteiger partial charge is 0.430 e. The summed E-state index contributed by atoms with van der Waals surface area (Å²) in [6, 6.07) is 16.5. The van der Waals surface area contributed by atoms with Crippen molar-refractivity contribution >= 4 is 5.69 Å². The van der Waals surface area contributed by atoms with Gasteiger partial charge in [0.1, 0.15) is 11.5 Å². The van der Waals surface area contributed by atoms with Crippen LogP contribution in [0.5, 0.6) is 11.5 Å². The molecule has 0 aliphatic heterocycles. The molecule has 3 rings (SSSR count). The summed E-state index contributed by atoms with van der Waals surface area (Å²) in [5.74, 6) is 0.551. The number of hydrogen-bond acceptors (Lipinski definition) is 4. The molecule has 13 heteroatoms. The molecular weight excluding hydrogens is 533 g/mol. The van der Waals surface area contributed by atoms with Gasteiger partial charge in [0.05, 0.1) is 6.54 Å². The fourth-order valence-electron chi connectivity index (χ4n) is 3.54. The van der Waals surface area contributed by atoms with Crippen molar-refractivity contribution in [3.63, 3.8) is 0 Å². The second-order valence-electron chi connectivity index (χ2n) is 8.26. The van der Waals surface area contributed by atoms with E-state index in [1.807, 2.05) is 0 Å². The summed E-state index contributed by atoms with van der Waals surface area (Å²) in [4.78, 5) is 0.912. The number of benzene rings is 3. The molecule has 3 aromatic carbocycles. The van der Waals surface area contributed by atoms with Crippen LogP contribution in [-0.2, 0) is 12.1 Å². The van der Waals surface area contributed by atoms with Crippen LogP contribution < -0.4 is 9.64 Å². The zero-order valence-corrected chi connectivity index (χ0v) is 19.1. The summed E-state index contributed by atoms with van der Waals surface area (Å²) in [7, 11) is 0. The van der Waals surface area contributed by atoms with E-state index in [-0.39, 0.29) is 17.0 Å². The number of anilines is 1. The van der Waals surface area contributed by atoms with Crippen LogP contribution in [0, 0.1) is 0 Å². The predicted octanol–water partition coefficient (Wildman–Crippen LogP) is 6.72. The molecule has 1 atom stereocenters. The SMILES string of the molecule is O[C@@H](CN(Cc1cccc(C(O)(C(F)(F)F)C(F)(F)F)c1)c1cccc(Oc2ccccc2)c1)C(F)(F)F. The second-order valence-corrected chi connectivity index (χ2v) is 8.26. The Kier molecular flexibility index (Phi) is 8.22. The van der Waals surface area contributed by atoms with Crippen molar-refractivity contribution in [2.75, 3.05) is 11.4 Å². The molecule has 0 unspecified atom stereocenters. The van der Waals surface area contributed by atoms with Crippen molar-refractivity contribution < 1.29 is 54.5 Å². The molecule has 0 bridgehead atoms. The summed E-state index contributed by atoms with van der Waals surface area (Å²) >= 11 is 0. The maximum atomic E-state index is 13.3. The zero-order valence-electron chi connectivity index (χ0n) is 19.1. The molecule has 0 heterocycles. The van der Waals surface area contributed by atoms with Gasteiger partial charge >= 0.3 is 18.5 Å². The van der Waals surface area contributed by atoms with E-state index in [2.05, 4.69) is 0 Å². The quantitative estimate of drug-likeness (QED) is 0.304. The maximum Gasteiger partial charge on any atom is 0.430 e. The van der Waals surface area contributed by atoms with E-state index in [0.29, 0.717) is 17.9 Å². The number of halogens is 9. The molecule has 3 aromatic rings. The molecule has 0 fully saturated rings. The largest absolute Gasteiger partial charge is 0.457 e. The first-order valence-corrected chi connectivity index (χ1v) is 10.8. The molecule has 2 N–H and O–H groups in total. The summed E-state index contributed by atoms with van der Waals surface area (Å²) in [6.07, 6.45) is -20.2. The van der Waals surface area contributed by atoms with Crippen LogP contribution in [-0.4, -0.2) is 41.4 Å². The van der Waals surface area contributed by atoms with Crippen molar-refractivity contribution in [2.45, 2.75) is 36.8 Å². The van der Waals surface area contributed by atoms with E-state index in [4.69, 9.17) is 4.74 Å². The fraction of sp³-hybridized carbons (Fsp3) is 0.280. The van der Waals surface area contributed by atoms with Gasteiger partial charge in [-0.15, -0.1) is 0 Å². The summed E-state index contributed by atoms with van der Waals surface area (Å²) in [5, 5.41) is 19.4. The Hall–Kier alpha value is -3.45. The lowest BCUT2D eigenvalue weighted by molar-refractivity contribution is -0.376. The zero-order chi connectivity index (χ0) is 28.4. The lowest BCUT2D eigenvalue weighted by atomic mass is 9.91. The van der Waals surface area contributed by atoms with Gasteiger partial charge in [-0.1, -0.05) is 48.5 Å². The molecule has 0 saturated heterocycles. The van der Waals surface area contributed by atoms with Gasteiger partial charge < -0.3 is 19.8 Å². The van der Waals surface area contributed by atoms with Gasteiger partial charge in [0.2, 0.25) is 0 Å². The predicted molar refractivity (Wildman–Crippen MR) is 119 cm³/mol. The standard InChI is InChI=1S/C25H20F9NO3/c26-23(27,28)21(36)15-35(18-8-5-11-20(13-18)38-19-9-2-1-3-10-19)14-16-6-4-7-17(12-16)22(37,24(29,30)31)25(32,33)34/h1-13,21,36-37H,14-15H2/t21-/m0/s1. The summed E-state index contributed by atoms with van der Waals surface area (Å²) in [6.45, 7) is -1.76. The van der Waals surface area contributed by atoms with Gasteiger partial charge in [-0.25, -0.2) is 0 Å². The van der Waals surface area contributed by atoms with Crippen molar-refractivity contribution in [3.05, 3.63) is 90.0 Å². The Labute approximate surface area is 210 Å². The van der Waals surface area contributed by atoms with Crippen molar-refractivity contribution in [3.8, 4) is 11.5 Å². The van der Waals surface area contributed by atoms with Gasteiger partial charge in [-0.05, 0) is 29.8 Å². The van der Waals surface area contributed by atoms with Gasteiger partial charge in [0.25, 0.3) is 5.60 Å². The highest BCUT2D eigenvalue weighted by Gasteiger charge is 2.71. The third-order valence-electron chi connectivity index (χ3n) is 5.47. The molecule has 0 radical (unpaired) electrons. The van der Waals surface area contributed by atoms with Crippen LogP contribution in [0.15, 0.2) is 78.9 Å². The Bertz CT molecular complexity index is 1200. The lowest BCUT2D eigenvalue weighted by Crippen LogP contribution is -2.54. The van der Waals surface area contributed by atoms with Crippen molar-refractivity contribution in [1.29, 1.82) is 0 Å². The van der Waals surface area contributed by atoms with E-state index in [1.54, 1.807) is 30.3 Å². The molecule has 0 saturated carbocycles. The van der Waals surface area contributed by atoms with E-state index < -0.39 is 48.9 Å². The number of para-hydroxylation sites is 1. The third-order valence-corrected chi connectivity index (χ3v) is 5.47. The average Bonchev–Trinajstić information content (AvgIpc) is 2.82. The second kappa shape index (κ2) is 10.7. The first kappa shape index (κ1) is 29.1. The van der Waals surface area contributed by atoms with Crippen molar-refractivity contribution in [2.24, 2.45) is 0 Å². The number of hydrogen-bond donors (Lipinski definition) is 2. The molecule has 0 aliphatic carbocycles. The molecule has 0 amide bonds. The van der Waals surface area contributed by atoms with Crippen LogP contribution in [0.25, 0.3) is 0 Å². The van der Waals surface area contributed by atoms with Gasteiger partial charge in [0, 0.05) is 23.9 Å². The minimum absolute atomic E-state index is 0.0223. The molecule has 38 heavy (non-hydrogen) atoms. The Morgan fingerprint density at radius 1 is 0.711 bits per heavy atom. The molecule has 0 aliphatic rings. The number of ether oxygens (including phenoxy) is 1. The Morgan fingerprint density at radius 3 is 1.87 bits per heavy atom. The van der Waals surface area contributed by atoms with E-state index in [9.17, 15) is 49.7 Å². The molecular formula is C25H20F9NO3. The summed E-state index contributed by atoms with van der Waals surface area (Å²) in [5.41, 5.74) is -7.05. The van der Waals surface area contributed by atoms with E-state index >= 15 is 0 Å². The Balaban J connectivity index is 2.00. The van der Waals surface area contributed by atoms with Gasteiger partial charge in [0.15, 0.2) is 6.10 Å². The topological polar surface area (TPSA) is 52.9 Å². The number of rotatable bonds is 8. The monoisotopic (exact) mass is 553 g/mol. The van der Waals surface area contributed by atoms with Crippen LogP contribution >= 0.6 is 0 Å². The normalized spacial score (nSPS) is 13.8. The maximum absolute atomic E-state index is 13.3. The minimum Gasteiger partial charge on any atom is -0.457 e. The number of aliphatic hydroxyl groups excluding tert-OH is 1. The molecule has 0 aromatic heterocycles. The Morgan fingerprint density at radius 2 is 1.29 bits per heavy atom. The molecule has 206 valence electrons. The highest BCUT2D eigenvalue weighted by Crippen LogP contribution is 2.50. The highest BCUT2D eigenvalue weighted by atomic mass is 19.4. The third kappa shape index (κ3) is 6.51. The lowest BCUT2D eigenvalue weighted by Gasteiger charge is -2.33. The van der Waals surface area contributed by atoms with Crippen LogP contribution in [0.3, 0.4) is 0 Å². The average molecular weight is 553 g/mol. The van der Waals surface area contributed by atoms with Crippen LogP contribution in [0.1, 0.15) is 11.1 Å². The van der Waals surface area contributed by atoms with E-state index in [0.717, 1.165) is 17.0 Å². The minimum atomic E-state index is -6.14. The van der Waals surface area contributed by atoms with Crippen LogP contribution in [0.2, 0.25) is 0 Å². The first-order chi connectivity index (χ1) is 17.5. The first-order valence-electron chi connectivity index (χ1n) is 10.8. The summed E-state index contributed by atoms with van der Waals surface area (Å²) < 4.78 is 125.